The molecule has 0 spiro atoms. The van der Waals surface area contributed by atoms with E-state index in [9.17, 15) is 9.59 Å². The molecule has 0 aromatic carbocycles. The number of amides is 1. The van der Waals surface area contributed by atoms with Crippen LogP contribution >= 0.6 is 11.3 Å². The van der Waals surface area contributed by atoms with Crippen LogP contribution in [0.15, 0.2) is 0 Å². The van der Waals surface area contributed by atoms with E-state index in [0.717, 1.165) is 10.7 Å². The van der Waals surface area contributed by atoms with E-state index in [1.165, 1.54) is 11.3 Å². The molecule has 2 rings (SSSR count). The van der Waals surface area contributed by atoms with Gasteiger partial charge in [0.05, 0.1) is 16.6 Å². The minimum absolute atomic E-state index is 0.00888. The van der Waals surface area contributed by atoms with Crippen LogP contribution in [0.3, 0.4) is 0 Å². The first kappa shape index (κ1) is 12.0. The SMILES string of the molecule is Cc1nc(C)c(C(=O)NC2CC(C(=O)O)C2)s1. The van der Waals surface area contributed by atoms with Gasteiger partial charge in [-0.1, -0.05) is 0 Å². The van der Waals surface area contributed by atoms with Crippen molar-refractivity contribution in [3.05, 3.63) is 15.6 Å². The van der Waals surface area contributed by atoms with Crippen LogP contribution in [-0.4, -0.2) is 28.0 Å². The first-order chi connectivity index (χ1) is 7.97. The van der Waals surface area contributed by atoms with Crippen LogP contribution in [0.1, 0.15) is 33.2 Å². The standard InChI is InChI=1S/C11H14N2O3S/c1-5-9(17-6(2)12-5)10(14)13-8-3-7(4-8)11(15)16/h7-8H,3-4H2,1-2H3,(H,13,14)(H,15,16). The third-order valence-corrected chi connectivity index (χ3v) is 4.00. The highest BCUT2D eigenvalue weighted by atomic mass is 32.1. The molecule has 0 radical (unpaired) electrons. The van der Waals surface area contributed by atoms with E-state index in [0.29, 0.717) is 17.7 Å². The molecular weight excluding hydrogens is 240 g/mol. The molecule has 1 aliphatic carbocycles. The second-order valence-corrected chi connectivity index (χ2v) is 5.53. The highest BCUT2D eigenvalue weighted by Gasteiger charge is 2.35. The van der Waals surface area contributed by atoms with Crippen LogP contribution in [0.5, 0.6) is 0 Å². The fourth-order valence-corrected chi connectivity index (χ4v) is 2.75. The summed E-state index contributed by atoms with van der Waals surface area (Å²) >= 11 is 1.37. The number of nitrogens with one attached hydrogen (secondary N) is 1. The molecule has 0 aliphatic heterocycles. The summed E-state index contributed by atoms with van der Waals surface area (Å²) in [5.41, 5.74) is 0.735. The molecular formula is C11H14N2O3S. The average molecular weight is 254 g/mol. The molecule has 1 aromatic heterocycles. The summed E-state index contributed by atoms with van der Waals surface area (Å²) in [7, 11) is 0. The molecule has 0 bridgehead atoms. The van der Waals surface area contributed by atoms with Gasteiger partial charge in [-0.2, -0.15) is 0 Å². The van der Waals surface area contributed by atoms with Gasteiger partial charge in [0.1, 0.15) is 4.88 Å². The number of rotatable bonds is 3. The van der Waals surface area contributed by atoms with Crippen molar-refractivity contribution in [2.75, 3.05) is 0 Å². The fraction of sp³-hybridized carbons (Fsp3) is 0.545. The molecule has 5 nitrogen and oxygen atoms in total. The van der Waals surface area contributed by atoms with Gasteiger partial charge in [0.15, 0.2) is 0 Å². The number of hydrogen-bond donors (Lipinski definition) is 2. The predicted molar refractivity (Wildman–Crippen MR) is 63.2 cm³/mol. The number of carbonyl (C=O) groups is 2. The molecule has 92 valence electrons. The summed E-state index contributed by atoms with van der Waals surface area (Å²) < 4.78 is 0. The summed E-state index contributed by atoms with van der Waals surface area (Å²) in [5.74, 6) is -1.22. The maximum Gasteiger partial charge on any atom is 0.306 e. The Morgan fingerprint density at radius 1 is 1.41 bits per heavy atom. The van der Waals surface area contributed by atoms with E-state index >= 15 is 0 Å². The van der Waals surface area contributed by atoms with E-state index < -0.39 is 5.97 Å². The van der Waals surface area contributed by atoms with Gasteiger partial charge in [0.2, 0.25) is 0 Å². The summed E-state index contributed by atoms with van der Waals surface area (Å²) in [6, 6.07) is -0.00888. The minimum atomic E-state index is -0.777. The lowest BCUT2D eigenvalue weighted by atomic mass is 9.80. The molecule has 1 fully saturated rings. The van der Waals surface area contributed by atoms with Crippen molar-refractivity contribution in [3.63, 3.8) is 0 Å². The van der Waals surface area contributed by atoms with Gasteiger partial charge in [-0.25, -0.2) is 4.98 Å². The summed E-state index contributed by atoms with van der Waals surface area (Å²) in [6.07, 6.45) is 1.05. The summed E-state index contributed by atoms with van der Waals surface area (Å²) in [4.78, 5) is 27.3. The van der Waals surface area contributed by atoms with Crippen LogP contribution in [0.25, 0.3) is 0 Å². The molecule has 2 N–H and O–H groups in total. The van der Waals surface area contributed by atoms with Crippen LogP contribution in [0.4, 0.5) is 0 Å². The molecule has 0 atom stereocenters. The largest absolute Gasteiger partial charge is 0.481 e. The number of nitrogens with zero attached hydrogens (tertiary/aromatic N) is 1. The van der Waals surface area contributed by atoms with Crippen LogP contribution in [0, 0.1) is 19.8 Å². The summed E-state index contributed by atoms with van der Waals surface area (Å²) in [6.45, 7) is 3.66. The number of carbonyl (C=O) groups excluding carboxylic acids is 1. The van der Waals surface area contributed by atoms with Gasteiger partial charge in [0, 0.05) is 6.04 Å². The van der Waals surface area contributed by atoms with Crippen molar-refractivity contribution >= 4 is 23.2 Å². The highest BCUT2D eigenvalue weighted by Crippen LogP contribution is 2.28. The van der Waals surface area contributed by atoms with E-state index in [1.807, 2.05) is 6.92 Å². The molecule has 0 saturated heterocycles. The lowest BCUT2D eigenvalue weighted by molar-refractivity contribution is -0.145. The average Bonchev–Trinajstić information content (AvgIpc) is 2.49. The predicted octanol–water partition coefficient (Wildman–Crippen LogP) is 1.35. The van der Waals surface area contributed by atoms with Gasteiger partial charge in [-0.15, -0.1) is 11.3 Å². The second kappa shape index (κ2) is 4.44. The molecule has 1 amide bonds. The Bertz CT molecular complexity index is 463. The molecule has 6 heteroatoms. The van der Waals surface area contributed by atoms with Crippen molar-refractivity contribution in [1.29, 1.82) is 0 Å². The number of carboxylic acids is 1. The maximum absolute atomic E-state index is 11.9. The van der Waals surface area contributed by atoms with Crippen molar-refractivity contribution in [1.82, 2.24) is 10.3 Å². The minimum Gasteiger partial charge on any atom is -0.481 e. The van der Waals surface area contributed by atoms with Gasteiger partial charge in [-0.3, -0.25) is 9.59 Å². The molecule has 1 aromatic rings. The molecule has 1 heterocycles. The maximum atomic E-state index is 11.9. The van der Waals surface area contributed by atoms with E-state index in [4.69, 9.17) is 5.11 Å². The van der Waals surface area contributed by atoms with Crippen molar-refractivity contribution in [3.8, 4) is 0 Å². The highest BCUT2D eigenvalue weighted by molar-refractivity contribution is 7.13. The van der Waals surface area contributed by atoms with Crippen LogP contribution < -0.4 is 5.32 Å². The lowest BCUT2D eigenvalue weighted by Gasteiger charge is -2.32. The van der Waals surface area contributed by atoms with E-state index in [2.05, 4.69) is 10.3 Å². The zero-order valence-corrected chi connectivity index (χ0v) is 10.5. The lowest BCUT2D eigenvalue weighted by Crippen LogP contribution is -2.46. The number of thiazole rings is 1. The molecule has 1 aliphatic rings. The molecule has 1 saturated carbocycles. The second-order valence-electron chi connectivity index (χ2n) is 4.32. The van der Waals surface area contributed by atoms with Crippen molar-refractivity contribution < 1.29 is 14.7 Å². The Balaban J connectivity index is 1.91. The normalized spacial score (nSPS) is 22.9. The smallest absolute Gasteiger partial charge is 0.306 e. The topological polar surface area (TPSA) is 79.3 Å². The quantitative estimate of drug-likeness (QED) is 0.853. The first-order valence-corrected chi connectivity index (χ1v) is 6.26. The van der Waals surface area contributed by atoms with Crippen LogP contribution in [0.2, 0.25) is 0 Å². The Morgan fingerprint density at radius 3 is 2.53 bits per heavy atom. The molecule has 17 heavy (non-hydrogen) atoms. The van der Waals surface area contributed by atoms with E-state index in [1.54, 1.807) is 6.92 Å². The van der Waals surface area contributed by atoms with Gasteiger partial charge in [-0.05, 0) is 26.7 Å². The number of carboxylic acid groups (broad SMARTS) is 1. The Morgan fingerprint density at radius 2 is 2.06 bits per heavy atom. The Kier molecular flexibility index (Phi) is 3.15. The zero-order chi connectivity index (χ0) is 12.6. The zero-order valence-electron chi connectivity index (χ0n) is 9.69. The number of aliphatic carboxylic acids is 1. The van der Waals surface area contributed by atoms with Gasteiger partial charge < -0.3 is 10.4 Å². The Labute approximate surface area is 103 Å². The Hall–Kier alpha value is -1.43. The monoisotopic (exact) mass is 254 g/mol. The van der Waals surface area contributed by atoms with E-state index in [-0.39, 0.29) is 17.9 Å². The van der Waals surface area contributed by atoms with Crippen molar-refractivity contribution in [2.24, 2.45) is 5.92 Å². The van der Waals surface area contributed by atoms with Crippen LogP contribution in [-0.2, 0) is 4.79 Å². The van der Waals surface area contributed by atoms with Crippen molar-refractivity contribution in [2.45, 2.75) is 32.7 Å². The fourth-order valence-electron chi connectivity index (χ4n) is 1.93. The summed E-state index contributed by atoms with van der Waals surface area (Å²) in [5, 5.41) is 12.4. The third kappa shape index (κ3) is 2.46. The first-order valence-electron chi connectivity index (χ1n) is 5.45. The van der Waals surface area contributed by atoms with Gasteiger partial charge >= 0.3 is 5.97 Å². The number of aromatic nitrogens is 1. The number of hydrogen-bond acceptors (Lipinski definition) is 4. The molecule has 0 unspecified atom stereocenters. The number of aryl methyl sites for hydroxylation is 2. The third-order valence-electron chi connectivity index (χ3n) is 2.93. The van der Waals surface area contributed by atoms with Gasteiger partial charge in [0.25, 0.3) is 5.91 Å².